The molecule has 1 aromatic carbocycles. The molecule has 0 aliphatic carbocycles. The summed E-state index contributed by atoms with van der Waals surface area (Å²) >= 11 is 2.63. The Hall–Kier alpha value is -2.57. The molecule has 9 heteroatoms. The van der Waals surface area contributed by atoms with E-state index >= 15 is 0 Å². The van der Waals surface area contributed by atoms with E-state index in [0.717, 1.165) is 12.1 Å². The van der Waals surface area contributed by atoms with Crippen molar-refractivity contribution in [2.75, 3.05) is 5.32 Å². The van der Waals surface area contributed by atoms with Gasteiger partial charge in [0.15, 0.2) is 11.4 Å². The summed E-state index contributed by atoms with van der Waals surface area (Å²) < 4.78 is 51.9. The topological polar surface area (TPSA) is 83.4 Å². The molecule has 0 saturated heterocycles. The second kappa shape index (κ2) is 6.25. The third-order valence-corrected chi connectivity index (χ3v) is 2.84. The highest BCUT2D eigenvalue weighted by Crippen LogP contribution is 2.39. The van der Waals surface area contributed by atoms with E-state index in [2.05, 4.69) is 15.9 Å². The van der Waals surface area contributed by atoms with Gasteiger partial charge in [-0.1, -0.05) is 0 Å². The predicted molar refractivity (Wildman–Crippen MR) is 66.6 cm³/mol. The first kappa shape index (κ1) is 16.5. The molecular formula is C12H3BrF4N4. The molecule has 0 aliphatic rings. The van der Waals surface area contributed by atoms with Gasteiger partial charge in [-0.3, -0.25) is 0 Å². The maximum Gasteiger partial charge on any atom is 0.421 e. The van der Waals surface area contributed by atoms with Crippen molar-refractivity contribution in [3.8, 4) is 18.2 Å². The van der Waals surface area contributed by atoms with Crippen LogP contribution in [-0.4, -0.2) is 0 Å². The van der Waals surface area contributed by atoms with E-state index in [-0.39, 0.29) is 0 Å². The number of hydrogen-bond acceptors (Lipinski definition) is 4. The third kappa shape index (κ3) is 3.50. The van der Waals surface area contributed by atoms with Crippen LogP contribution in [0.4, 0.5) is 23.2 Å². The lowest BCUT2D eigenvalue weighted by atomic mass is 10.1. The van der Waals surface area contributed by atoms with Crippen LogP contribution in [0.5, 0.6) is 0 Å². The maximum atomic E-state index is 13.6. The SMILES string of the molecule is N#CC(C#N)=C(C#N)Nc1ccc(Br)c(F)c1C(F)(F)F. The van der Waals surface area contributed by atoms with E-state index in [1.54, 1.807) is 0 Å². The minimum Gasteiger partial charge on any atom is -0.345 e. The van der Waals surface area contributed by atoms with Crippen LogP contribution in [0.2, 0.25) is 0 Å². The van der Waals surface area contributed by atoms with Gasteiger partial charge in [0.25, 0.3) is 0 Å². The van der Waals surface area contributed by atoms with Crippen molar-refractivity contribution in [2.45, 2.75) is 6.18 Å². The van der Waals surface area contributed by atoms with E-state index in [4.69, 9.17) is 15.8 Å². The molecule has 0 aliphatic heterocycles. The van der Waals surface area contributed by atoms with Gasteiger partial charge in [0.2, 0.25) is 0 Å². The van der Waals surface area contributed by atoms with Crippen molar-refractivity contribution in [3.63, 3.8) is 0 Å². The van der Waals surface area contributed by atoms with Crippen LogP contribution < -0.4 is 5.32 Å². The summed E-state index contributed by atoms with van der Waals surface area (Å²) in [5.74, 6) is -1.57. The van der Waals surface area contributed by atoms with Gasteiger partial charge in [-0.15, -0.1) is 0 Å². The van der Waals surface area contributed by atoms with E-state index in [9.17, 15) is 17.6 Å². The van der Waals surface area contributed by atoms with E-state index < -0.39 is 39.0 Å². The van der Waals surface area contributed by atoms with Crippen molar-refractivity contribution in [3.05, 3.63) is 39.3 Å². The minimum absolute atomic E-state index is 0.413. The molecule has 0 aromatic heterocycles. The lowest BCUT2D eigenvalue weighted by molar-refractivity contribution is -0.139. The molecule has 0 atom stereocenters. The Morgan fingerprint density at radius 3 is 2.10 bits per heavy atom. The first-order valence-corrected chi connectivity index (χ1v) is 5.82. The quantitative estimate of drug-likeness (QED) is 0.642. The number of benzene rings is 1. The summed E-state index contributed by atoms with van der Waals surface area (Å²) in [4.78, 5) is 0. The summed E-state index contributed by atoms with van der Waals surface area (Å²) in [5, 5.41) is 28.0. The first-order chi connectivity index (χ1) is 9.76. The molecule has 0 radical (unpaired) electrons. The molecule has 0 saturated carbocycles. The normalized spacial score (nSPS) is 10.0. The van der Waals surface area contributed by atoms with Gasteiger partial charge >= 0.3 is 6.18 Å². The minimum atomic E-state index is -5.03. The Kier molecular flexibility index (Phi) is 4.91. The molecule has 21 heavy (non-hydrogen) atoms. The van der Waals surface area contributed by atoms with Crippen molar-refractivity contribution in [1.29, 1.82) is 15.8 Å². The molecule has 4 nitrogen and oxygen atoms in total. The molecule has 0 bridgehead atoms. The van der Waals surface area contributed by atoms with E-state index in [0.29, 0.717) is 0 Å². The van der Waals surface area contributed by atoms with Gasteiger partial charge in [0.1, 0.15) is 29.5 Å². The van der Waals surface area contributed by atoms with Crippen LogP contribution in [-0.2, 0) is 6.18 Å². The molecule has 106 valence electrons. The summed E-state index contributed by atoms with van der Waals surface area (Å²) in [7, 11) is 0. The zero-order valence-corrected chi connectivity index (χ0v) is 11.5. The van der Waals surface area contributed by atoms with Crippen LogP contribution in [0, 0.1) is 39.8 Å². The second-order valence-corrected chi connectivity index (χ2v) is 4.35. The summed E-state index contributed by atoms with van der Waals surface area (Å²) in [6.45, 7) is 0. The largest absolute Gasteiger partial charge is 0.421 e. The van der Waals surface area contributed by atoms with Crippen molar-refractivity contribution in [2.24, 2.45) is 0 Å². The zero-order chi connectivity index (χ0) is 16.2. The number of allylic oxidation sites excluding steroid dienone is 2. The lowest BCUT2D eigenvalue weighted by Gasteiger charge is -2.15. The molecule has 1 N–H and O–H groups in total. The summed E-state index contributed by atoms with van der Waals surface area (Å²) in [5.41, 5.74) is -3.83. The fourth-order valence-corrected chi connectivity index (χ4v) is 1.68. The molecule has 0 unspecified atom stereocenters. The van der Waals surface area contributed by atoms with Crippen LogP contribution in [0.1, 0.15) is 5.56 Å². The zero-order valence-electron chi connectivity index (χ0n) is 9.89. The highest BCUT2D eigenvalue weighted by Gasteiger charge is 2.38. The molecule has 0 heterocycles. The van der Waals surface area contributed by atoms with Gasteiger partial charge in [0.05, 0.1) is 10.2 Å². The Morgan fingerprint density at radius 2 is 1.67 bits per heavy atom. The highest BCUT2D eigenvalue weighted by molar-refractivity contribution is 9.10. The van der Waals surface area contributed by atoms with Gasteiger partial charge in [-0.05, 0) is 28.1 Å². The van der Waals surface area contributed by atoms with Crippen LogP contribution in [0.15, 0.2) is 27.9 Å². The molecular weight excluding hydrogens is 356 g/mol. The van der Waals surface area contributed by atoms with Crippen molar-refractivity contribution >= 4 is 21.6 Å². The van der Waals surface area contributed by atoms with E-state index in [1.165, 1.54) is 18.2 Å². The Bertz CT molecular complexity index is 716. The monoisotopic (exact) mass is 358 g/mol. The Balaban J connectivity index is 3.52. The average Bonchev–Trinajstić information content (AvgIpc) is 2.41. The summed E-state index contributed by atoms with van der Waals surface area (Å²) in [6.07, 6.45) is -5.03. The third-order valence-electron chi connectivity index (χ3n) is 2.22. The van der Waals surface area contributed by atoms with Gasteiger partial charge in [-0.25, -0.2) is 4.39 Å². The number of nitrogens with zero attached hydrogens (tertiary/aromatic N) is 3. The number of halogens is 5. The van der Waals surface area contributed by atoms with Crippen molar-refractivity contribution < 1.29 is 17.6 Å². The fourth-order valence-electron chi connectivity index (χ4n) is 1.35. The van der Waals surface area contributed by atoms with Crippen LogP contribution in [0.3, 0.4) is 0 Å². The standard InChI is InChI=1S/C12H3BrF4N4/c13-7-1-2-8(10(11(7)14)12(15,16)17)21-9(5-20)6(3-18)4-19/h1-2,21H. The second-order valence-electron chi connectivity index (χ2n) is 3.49. The van der Waals surface area contributed by atoms with Gasteiger partial charge < -0.3 is 5.32 Å². The Labute approximate surface area is 124 Å². The maximum absolute atomic E-state index is 13.6. The number of rotatable bonds is 2. The van der Waals surface area contributed by atoms with Gasteiger partial charge in [-0.2, -0.15) is 29.0 Å². The summed E-state index contributed by atoms with van der Waals surface area (Å²) in [6, 6.07) is 5.98. The smallest absolute Gasteiger partial charge is 0.345 e. The number of hydrogen-bond donors (Lipinski definition) is 1. The molecule has 0 amide bonds. The van der Waals surface area contributed by atoms with Crippen LogP contribution >= 0.6 is 15.9 Å². The fraction of sp³-hybridized carbons (Fsp3) is 0.0833. The molecule has 0 fully saturated rings. The van der Waals surface area contributed by atoms with Crippen molar-refractivity contribution in [1.82, 2.24) is 0 Å². The van der Waals surface area contributed by atoms with Crippen LogP contribution in [0.25, 0.3) is 0 Å². The first-order valence-electron chi connectivity index (χ1n) is 5.03. The molecule has 1 aromatic rings. The molecule has 0 spiro atoms. The lowest BCUT2D eigenvalue weighted by Crippen LogP contribution is -2.14. The average molecular weight is 359 g/mol. The number of alkyl halides is 3. The van der Waals surface area contributed by atoms with Gasteiger partial charge in [0, 0.05) is 0 Å². The highest BCUT2D eigenvalue weighted by atomic mass is 79.9. The Morgan fingerprint density at radius 1 is 1.10 bits per heavy atom. The van der Waals surface area contributed by atoms with E-state index in [1.807, 2.05) is 5.32 Å². The number of nitrogens with one attached hydrogen (secondary N) is 1. The number of anilines is 1. The molecule has 1 rings (SSSR count). The number of nitriles is 3. The predicted octanol–water partition coefficient (Wildman–Crippen LogP) is 3.84.